The van der Waals surface area contributed by atoms with E-state index in [4.69, 9.17) is 42.4 Å². The van der Waals surface area contributed by atoms with Gasteiger partial charge in [0.05, 0.1) is 61.4 Å². The van der Waals surface area contributed by atoms with E-state index >= 15 is 0 Å². The van der Waals surface area contributed by atoms with Gasteiger partial charge in [-0.05, 0) is 79.1 Å². The minimum absolute atomic E-state index is 0.172. The van der Waals surface area contributed by atoms with Gasteiger partial charge >= 0.3 is 0 Å². The Bertz CT molecular complexity index is 2070. The van der Waals surface area contributed by atoms with Crippen LogP contribution in [-0.4, -0.2) is 66.9 Å². The molecule has 1 unspecified atom stereocenters. The first-order chi connectivity index (χ1) is 27.4. The standard InChI is InChI=1S/C43H49N3O10/c1-48-30-15-16-32-31(25-30)43(47)45-42(44-32)28-14-18-35(37(22-28)50-3)54-19-11-9-7-8-10-12-20-55-38-21-27(13-17-34(38)49-2)33-26-36(56-46-33)29-23-39(51-4)41(53-6)40(24-29)52-5/h13-18,21-26,42,44H,7-12,19-20H2,1-6H3,(H,45,47). The lowest BCUT2D eigenvalue weighted by Crippen LogP contribution is -2.38. The topological polar surface area (TPSA) is 141 Å². The van der Waals surface area contributed by atoms with Crippen molar-refractivity contribution in [3.05, 3.63) is 83.9 Å². The van der Waals surface area contributed by atoms with Gasteiger partial charge in [0.1, 0.15) is 17.6 Å². The molecule has 0 saturated carbocycles. The molecular formula is C43H49N3O10. The Morgan fingerprint density at radius 2 is 1.21 bits per heavy atom. The average Bonchev–Trinajstić information content (AvgIpc) is 3.74. The van der Waals surface area contributed by atoms with Gasteiger partial charge in [0.25, 0.3) is 5.91 Å². The van der Waals surface area contributed by atoms with Crippen molar-refractivity contribution in [2.75, 3.05) is 61.2 Å². The van der Waals surface area contributed by atoms with E-state index in [2.05, 4.69) is 15.8 Å². The SMILES string of the molecule is COc1ccc2c(c1)C(=O)NC(c1ccc(OCCCCCCCCOc3cc(-c4cc(-c5cc(OC)c(OC)c(OC)c5)on4)ccc3OC)c(OC)c1)N2. The Labute approximate surface area is 327 Å². The maximum Gasteiger partial charge on any atom is 0.255 e. The molecule has 0 saturated heterocycles. The molecule has 2 heterocycles. The van der Waals surface area contributed by atoms with Crippen molar-refractivity contribution in [3.63, 3.8) is 0 Å². The van der Waals surface area contributed by atoms with Crippen LogP contribution in [0.5, 0.6) is 46.0 Å². The van der Waals surface area contributed by atoms with Crippen LogP contribution in [0.25, 0.3) is 22.6 Å². The molecule has 13 heteroatoms. The number of carbonyl (C=O) groups is 1. The van der Waals surface area contributed by atoms with Crippen LogP contribution in [0.3, 0.4) is 0 Å². The Morgan fingerprint density at radius 3 is 1.88 bits per heavy atom. The van der Waals surface area contributed by atoms with E-state index in [1.165, 1.54) is 0 Å². The van der Waals surface area contributed by atoms with Gasteiger partial charge in [0.2, 0.25) is 5.75 Å². The van der Waals surface area contributed by atoms with E-state index in [-0.39, 0.29) is 5.91 Å². The largest absolute Gasteiger partial charge is 0.497 e. The van der Waals surface area contributed by atoms with Gasteiger partial charge in [-0.2, -0.15) is 0 Å². The molecule has 6 rings (SSSR count). The number of nitrogens with one attached hydrogen (secondary N) is 2. The van der Waals surface area contributed by atoms with Crippen LogP contribution in [-0.2, 0) is 0 Å². The zero-order valence-electron chi connectivity index (χ0n) is 32.7. The van der Waals surface area contributed by atoms with Gasteiger partial charge in [-0.1, -0.05) is 36.9 Å². The lowest BCUT2D eigenvalue weighted by atomic mass is 10.0. The van der Waals surface area contributed by atoms with Crippen molar-refractivity contribution in [2.24, 2.45) is 0 Å². The summed E-state index contributed by atoms with van der Waals surface area (Å²) in [6, 6.07) is 22.3. The van der Waals surface area contributed by atoms with Crippen LogP contribution in [0.15, 0.2) is 77.3 Å². The first-order valence-corrected chi connectivity index (χ1v) is 18.5. The molecule has 1 atom stereocenters. The number of methoxy groups -OCH3 is 6. The smallest absolute Gasteiger partial charge is 0.255 e. The monoisotopic (exact) mass is 767 g/mol. The van der Waals surface area contributed by atoms with Crippen LogP contribution in [0, 0.1) is 0 Å². The Morgan fingerprint density at radius 1 is 0.571 bits per heavy atom. The zero-order chi connectivity index (χ0) is 39.4. The molecule has 2 N–H and O–H groups in total. The number of hydrogen-bond donors (Lipinski definition) is 2. The van der Waals surface area contributed by atoms with Crippen molar-refractivity contribution in [2.45, 2.75) is 44.7 Å². The maximum absolute atomic E-state index is 12.8. The Kier molecular flexibility index (Phi) is 13.3. The summed E-state index contributed by atoms with van der Waals surface area (Å²) in [6.07, 6.45) is 5.72. The molecule has 1 aromatic heterocycles. The predicted octanol–water partition coefficient (Wildman–Crippen LogP) is 8.71. The van der Waals surface area contributed by atoms with Crippen molar-refractivity contribution in [1.82, 2.24) is 10.5 Å². The summed E-state index contributed by atoms with van der Waals surface area (Å²) in [5.41, 5.74) is 4.37. The van der Waals surface area contributed by atoms with Gasteiger partial charge in [-0.15, -0.1) is 0 Å². The third-order valence-corrected chi connectivity index (χ3v) is 9.54. The fraction of sp³-hybridized carbons (Fsp3) is 0.349. The molecule has 13 nitrogen and oxygen atoms in total. The highest BCUT2D eigenvalue weighted by molar-refractivity contribution is 6.02. The van der Waals surface area contributed by atoms with E-state index in [0.29, 0.717) is 76.2 Å². The third-order valence-electron chi connectivity index (χ3n) is 9.54. The van der Waals surface area contributed by atoms with Crippen molar-refractivity contribution < 1.29 is 47.2 Å². The van der Waals surface area contributed by atoms with Crippen molar-refractivity contribution >= 4 is 11.6 Å². The molecule has 4 aromatic carbocycles. The number of unbranched alkanes of at least 4 members (excludes halogenated alkanes) is 5. The summed E-state index contributed by atoms with van der Waals surface area (Å²) >= 11 is 0. The van der Waals surface area contributed by atoms with Crippen LogP contribution in [0.1, 0.15) is 60.6 Å². The average molecular weight is 768 g/mol. The van der Waals surface area contributed by atoms with Crippen molar-refractivity contribution in [1.29, 1.82) is 0 Å². The number of carbonyl (C=O) groups excluding carboxylic acids is 1. The van der Waals surface area contributed by atoms with Crippen LogP contribution >= 0.6 is 0 Å². The van der Waals surface area contributed by atoms with E-state index < -0.39 is 6.17 Å². The maximum atomic E-state index is 12.8. The normalized spacial score (nSPS) is 13.2. The molecule has 1 aliphatic rings. The van der Waals surface area contributed by atoms with Crippen molar-refractivity contribution in [3.8, 4) is 68.6 Å². The minimum atomic E-state index is -0.403. The molecule has 0 spiro atoms. The lowest BCUT2D eigenvalue weighted by molar-refractivity contribution is 0.0935. The van der Waals surface area contributed by atoms with Gasteiger partial charge in [-0.3, -0.25) is 4.79 Å². The molecule has 0 fully saturated rings. The van der Waals surface area contributed by atoms with Gasteiger partial charge in [0, 0.05) is 22.9 Å². The number of anilines is 1. The van der Waals surface area contributed by atoms with E-state index in [9.17, 15) is 4.79 Å². The number of benzene rings is 4. The number of hydrogen-bond acceptors (Lipinski definition) is 12. The summed E-state index contributed by atoms with van der Waals surface area (Å²) in [4.78, 5) is 12.8. The van der Waals surface area contributed by atoms with E-state index in [1.54, 1.807) is 48.7 Å². The molecule has 296 valence electrons. The number of nitrogens with zero attached hydrogens (tertiary/aromatic N) is 1. The molecular weight excluding hydrogens is 718 g/mol. The number of amides is 1. The molecule has 1 aliphatic heterocycles. The number of aromatic nitrogens is 1. The Hall–Kier alpha value is -6.24. The van der Waals surface area contributed by atoms with Crippen LogP contribution < -0.4 is 48.5 Å². The number of fused-ring (bicyclic) bond motifs is 1. The van der Waals surface area contributed by atoms with E-state index in [1.807, 2.05) is 66.7 Å². The molecule has 0 radical (unpaired) electrons. The summed E-state index contributed by atoms with van der Waals surface area (Å²) in [5, 5.41) is 10.7. The lowest BCUT2D eigenvalue weighted by Gasteiger charge is -2.28. The highest BCUT2D eigenvalue weighted by Crippen LogP contribution is 2.42. The summed E-state index contributed by atoms with van der Waals surface area (Å²) in [6.45, 7) is 1.15. The third kappa shape index (κ3) is 9.16. The van der Waals surface area contributed by atoms with Gasteiger partial charge in [-0.25, -0.2) is 0 Å². The molecule has 1 amide bonds. The summed E-state index contributed by atoms with van der Waals surface area (Å²) in [7, 11) is 9.52. The van der Waals surface area contributed by atoms with E-state index in [0.717, 1.165) is 60.9 Å². The van der Waals surface area contributed by atoms with Crippen LogP contribution in [0.4, 0.5) is 5.69 Å². The second-order valence-corrected chi connectivity index (χ2v) is 13.0. The molecule has 5 aromatic rings. The molecule has 56 heavy (non-hydrogen) atoms. The fourth-order valence-corrected chi connectivity index (χ4v) is 6.51. The van der Waals surface area contributed by atoms with Gasteiger partial charge < -0.3 is 53.1 Å². The zero-order valence-corrected chi connectivity index (χ0v) is 32.7. The fourth-order valence-electron chi connectivity index (χ4n) is 6.51. The first-order valence-electron chi connectivity index (χ1n) is 18.5. The first kappa shape index (κ1) is 39.5. The summed E-state index contributed by atoms with van der Waals surface area (Å²) < 4.78 is 50.8. The summed E-state index contributed by atoms with van der Waals surface area (Å²) in [5.74, 6) is 5.14. The molecule has 0 aliphatic carbocycles. The number of ether oxygens (including phenoxy) is 8. The highest BCUT2D eigenvalue weighted by atomic mass is 16.5. The van der Waals surface area contributed by atoms with Gasteiger partial charge in [0.15, 0.2) is 40.3 Å². The molecule has 0 bridgehead atoms. The second kappa shape index (κ2) is 18.9. The second-order valence-electron chi connectivity index (χ2n) is 13.0. The highest BCUT2D eigenvalue weighted by Gasteiger charge is 2.26. The minimum Gasteiger partial charge on any atom is -0.497 e. The predicted molar refractivity (Wildman–Crippen MR) is 212 cm³/mol. The van der Waals surface area contributed by atoms with Crippen LogP contribution in [0.2, 0.25) is 0 Å². The Balaban J connectivity index is 0.922. The quantitative estimate of drug-likeness (QED) is 0.0732. The number of rotatable bonds is 20.